The van der Waals surface area contributed by atoms with Crippen molar-refractivity contribution < 1.29 is 19.7 Å². The second-order valence-electron chi connectivity index (χ2n) is 5.82. The Balaban J connectivity index is 1.89. The van der Waals surface area contributed by atoms with Gasteiger partial charge in [-0.1, -0.05) is 42.5 Å². The van der Waals surface area contributed by atoms with Crippen molar-refractivity contribution in [1.82, 2.24) is 5.32 Å². The molecule has 0 heterocycles. The summed E-state index contributed by atoms with van der Waals surface area (Å²) in [7, 11) is 0. The smallest absolute Gasteiger partial charge is 0.305 e. The van der Waals surface area contributed by atoms with Crippen LogP contribution < -0.4 is 10.1 Å². The average Bonchev–Trinajstić information content (AvgIpc) is 2.62. The molecule has 0 radical (unpaired) electrons. The number of aliphatic hydroxyl groups is 1. The SMILES string of the molecule is CCOc1ccc(C(O)CCNC(CC(=O)O)c2ccccc2)cc1. The summed E-state index contributed by atoms with van der Waals surface area (Å²) < 4.78 is 5.39. The van der Waals surface area contributed by atoms with Gasteiger partial charge in [-0.3, -0.25) is 4.79 Å². The third-order valence-corrected chi connectivity index (χ3v) is 3.97. The molecule has 3 N–H and O–H groups in total. The van der Waals surface area contributed by atoms with Crippen LogP contribution in [0, 0.1) is 0 Å². The van der Waals surface area contributed by atoms with E-state index in [-0.39, 0.29) is 12.5 Å². The van der Waals surface area contributed by atoms with Gasteiger partial charge < -0.3 is 20.3 Å². The van der Waals surface area contributed by atoms with Crippen molar-refractivity contribution in [3.8, 4) is 5.75 Å². The van der Waals surface area contributed by atoms with Crippen LogP contribution in [0.15, 0.2) is 54.6 Å². The van der Waals surface area contributed by atoms with E-state index in [1.54, 1.807) is 0 Å². The van der Waals surface area contributed by atoms with Crippen LogP contribution in [-0.2, 0) is 4.79 Å². The Bertz CT molecular complexity index is 643. The molecule has 0 saturated carbocycles. The number of carboxylic acids is 1. The molecule has 2 aromatic carbocycles. The lowest BCUT2D eigenvalue weighted by Crippen LogP contribution is -2.26. The van der Waals surface area contributed by atoms with Gasteiger partial charge in [-0.05, 0) is 43.1 Å². The quantitative estimate of drug-likeness (QED) is 0.617. The maximum Gasteiger partial charge on any atom is 0.305 e. The van der Waals surface area contributed by atoms with E-state index in [2.05, 4.69) is 5.32 Å². The molecule has 0 bridgehead atoms. The molecule has 134 valence electrons. The van der Waals surface area contributed by atoms with Gasteiger partial charge >= 0.3 is 5.97 Å². The number of hydrogen-bond donors (Lipinski definition) is 3. The minimum atomic E-state index is -0.853. The monoisotopic (exact) mass is 343 g/mol. The van der Waals surface area contributed by atoms with Gasteiger partial charge in [0.2, 0.25) is 0 Å². The zero-order valence-electron chi connectivity index (χ0n) is 14.4. The van der Waals surface area contributed by atoms with E-state index < -0.39 is 12.1 Å². The summed E-state index contributed by atoms with van der Waals surface area (Å²) in [6, 6.07) is 16.6. The number of rotatable bonds is 10. The molecule has 25 heavy (non-hydrogen) atoms. The standard InChI is InChI=1S/C20H25NO4/c1-2-25-17-10-8-16(9-11-17)19(22)12-13-21-18(14-20(23)24)15-6-4-3-5-7-15/h3-11,18-19,21-22H,2,12-14H2,1H3,(H,23,24). The first-order valence-electron chi connectivity index (χ1n) is 8.51. The third kappa shape index (κ3) is 6.21. The highest BCUT2D eigenvalue weighted by atomic mass is 16.5. The highest BCUT2D eigenvalue weighted by Gasteiger charge is 2.15. The van der Waals surface area contributed by atoms with Crippen molar-refractivity contribution >= 4 is 5.97 Å². The largest absolute Gasteiger partial charge is 0.494 e. The molecule has 0 saturated heterocycles. The van der Waals surface area contributed by atoms with Gasteiger partial charge in [0.05, 0.1) is 19.1 Å². The van der Waals surface area contributed by atoms with Crippen molar-refractivity contribution in [2.75, 3.05) is 13.2 Å². The van der Waals surface area contributed by atoms with E-state index >= 15 is 0 Å². The molecule has 2 aromatic rings. The Labute approximate surface area is 148 Å². The minimum absolute atomic E-state index is 0.00314. The zero-order chi connectivity index (χ0) is 18.1. The van der Waals surface area contributed by atoms with Crippen molar-refractivity contribution in [1.29, 1.82) is 0 Å². The van der Waals surface area contributed by atoms with Gasteiger partial charge in [0, 0.05) is 6.04 Å². The number of nitrogens with one attached hydrogen (secondary N) is 1. The highest BCUT2D eigenvalue weighted by Crippen LogP contribution is 2.21. The summed E-state index contributed by atoms with van der Waals surface area (Å²) in [6.07, 6.45) is -0.107. The summed E-state index contributed by atoms with van der Waals surface area (Å²) in [5.41, 5.74) is 1.75. The Hall–Kier alpha value is -2.37. The van der Waals surface area contributed by atoms with E-state index in [0.29, 0.717) is 19.6 Å². The average molecular weight is 343 g/mol. The number of carboxylic acid groups (broad SMARTS) is 1. The molecule has 2 unspecified atom stereocenters. The van der Waals surface area contributed by atoms with Gasteiger partial charge in [-0.15, -0.1) is 0 Å². The Morgan fingerprint density at radius 3 is 2.36 bits per heavy atom. The number of hydrogen-bond acceptors (Lipinski definition) is 4. The number of aliphatic hydroxyl groups excluding tert-OH is 1. The Kier molecular flexibility index (Phi) is 7.44. The van der Waals surface area contributed by atoms with E-state index in [9.17, 15) is 9.90 Å². The molecule has 5 nitrogen and oxygen atoms in total. The van der Waals surface area contributed by atoms with Crippen LogP contribution in [0.5, 0.6) is 5.75 Å². The third-order valence-electron chi connectivity index (χ3n) is 3.97. The van der Waals surface area contributed by atoms with Crippen molar-refractivity contribution in [3.05, 3.63) is 65.7 Å². The zero-order valence-corrected chi connectivity index (χ0v) is 14.4. The van der Waals surface area contributed by atoms with Gasteiger partial charge in [-0.2, -0.15) is 0 Å². The number of aliphatic carboxylic acids is 1. The van der Waals surface area contributed by atoms with Crippen LogP contribution in [0.3, 0.4) is 0 Å². The first kappa shape index (κ1) is 19.0. The Morgan fingerprint density at radius 2 is 1.76 bits per heavy atom. The number of benzene rings is 2. The predicted octanol–water partition coefficient (Wildman–Crippen LogP) is 3.31. The van der Waals surface area contributed by atoms with Crippen molar-refractivity contribution in [3.63, 3.8) is 0 Å². The number of ether oxygens (including phenoxy) is 1. The van der Waals surface area contributed by atoms with Crippen LogP contribution in [0.1, 0.15) is 43.0 Å². The summed E-state index contributed by atoms with van der Waals surface area (Å²) in [6.45, 7) is 3.05. The summed E-state index contributed by atoms with van der Waals surface area (Å²) in [5.74, 6) is -0.0735. The molecule has 0 aliphatic heterocycles. The maximum atomic E-state index is 11.1. The van der Waals surface area contributed by atoms with Gasteiger partial charge in [-0.25, -0.2) is 0 Å². The lowest BCUT2D eigenvalue weighted by molar-refractivity contribution is -0.137. The fourth-order valence-electron chi connectivity index (χ4n) is 2.68. The topological polar surface area (TPSA) is 78.8 Å². The molecule has 0 aliphatic rings. The van der Waals surface area contributed by atoms with Crippen LogP contribution >= 0.6 is 0 Å². The van der Waals surface area contributed by atoms with Gasteiger partial charge in [0.1, 0.15) is 5.75 Å². The normalized spacial score (nSPS) is 13.2. The lowest BCUT2D eigenvalue weighted by atomic mass is 10.0. The fraction of sp³-hybridized carbons (Fsp3) is 0.350. The van der Waals surface area contributed by atoms with E-state index in [1.165, 1.54) is 0 Å². The molecule has 5 heteroatoms. The molecule has 0 aliphatic carbocycles. The molecule has 0 spiro atoms. The highest BCUT2D eigenvalue weighted by molar-refractivity contribution is 5.67. The Morgan fingerprint density at radius 1 is 1.08 bits per heavy atom. The summed E-state index contributed by atoms with van der Waals surface area (Å²) in [5, 5.41) is 22.6. The second-order valence-corrected chi connectivity index (χ2v) is 5.82. The van der Waals surface area contributed by atoms with E-state index in [0.717, 1.165) is 16.9 Å². The summed E-state index contributed by atoms with van der Waals surface area (Å²) in [4.78, 5) is 11.1. The van der Waals surface area contributed by atoms with E-state index in [4.69, 9.17) is 9.84 Å². The van der Waals surface area contributed by atoms with Crippen LogP contribution in [0.4, 0.5) is 0 Å². The van der Waals surface area contributed by atoms with Gasteiger partial charge in [0.15, 0.2) is 0 Å². The van der Waals surface area contributed by atoms with E-state index in [1.807, 2.05) is 61.5 Å². The van der Waals surface area contributed by atoms with Crippen molar-refractivity contribution in [2.24, 2.45) is 0 Å². The molecular weight excluding hydrogens is 318 g/mol. The molecule has 0 aromatic heterocycles. The fourth-order valence-corrected chi connectivity index (χ4v) is 2.68. The lowest BCUT2D eigenvalue weighted by Gasteiger charge is -2.19. The first-order chi connectivity index (χ1) is 12.1. The molecule has 2 rings (SSSR count). The molecular formula is C20H25NO4. The molecule has 2 atom stereocenters. The molecule has 0 amide bonds. The summed E-state index contributed by atoms with van der Waals surface area (Å²) >= 11 is 0. The maximum absolute atomic E-state index is 11.1. The van der Waals surface area contributed by atoms with Crippen LogP contribution in [0.2, 0.25) is 0 Å². The van der Waals surface area contributed by atoms with Crippen molar-refractivity contribution in [2.45, 2.75) is 31.9 Å². The van der Waals surface area contributed by atoms with Crippen LogP contribution in [-0.4, -0.2) is 29.3 Å². The molecule has 0 fully saturated rings. The number of carbonyl (C=O) groups is 1. The van der Waals surface area contributed by atoms with Crippen LogP contribution in [0.25, 0.3) is 0 Å². The first-order valence-corrected chi connectivity index (χ1v) is 8.51. The minimum Gasteiger partial charge on any atom is -0.494 e. The van der Waals surface area contributed by atoms with Gasteiger partial charge in [0.25, 0.3) is 0 Å². The predicted molar refractivity (Wildman–Crippen MR) is 96.6 cm³/mol. The second kappa shape index (κ2) is 9.81.